The minimum absolute atomic E-state index is 0.0887. The van der Waals surface area contributed by atoms with Gasteiger partial charge in [-0.05, 0) is 24.7 Å². The Labute approximate surface area is 104 Å². The van der Waals surface area contributed by atoms with Crippen LogP contribution in [0.4, 0.5) is 18.9 Å². The van der Waals surface area contributed by atoms with E-state index in [9.17, 15) is 13.2 Å². The van der Waals surface area contributed by atoms with Gasteiger partial charge in [0.15, 0.2) is 0 Å². The topological polar surface area (TPSA) is 53.0 Å². The molecule has 98 valence electrons. The van der Waals surface area contributed by atoms with Gasteiger partial charge in [0.2, 0.25) is 0 Å². The van der Waals surface area contributed by atoms with E-state index in [2.05, 4.69) is 0 Å². The van der Waals surface area contributed by atoms with E-state index >= 15 is 0 Å². The molecule has 0 unspecified atom stereocenters. The van der Waals surface area contributed by atoms with E-state index in [1.807, 2.05) is 6.07 Å². The Morgan fingerprint density at radius 2 is 2.06 bits per heavy atom. The molecule has 0 atom stereocenters. The standard InChI is InChI=1S/C12H14F3N3/c1-18(6-2-5-16)8-9-3-4-10(17)7-11(9)12(13,14)15/h3-4,7H,2,6,8,17H2,1H3. The van der Waals surface area contributed by atoms with Crippen molar-refractivity contribution in [2.75, 3.05) is 19.3 Å². The van der Waals surface area contributed by atoms with Gasteiger partial charge in [0, 0.05) is 25.2 Å². The second-order valence-electron chi connectivity index (χ2n) is 4.06. The molecule has 0 aromatic heterocycles. The zero-order chi connectivity index (χ0) is 13.8. The predicted molar refractivity (Wildman–Crippen MR) is 62.4 cm³/mol. The monoisotopic (exact) mass is 257 g/mol. The highest BCUT2D eigenvalue weighted by atomic mass is 19.4. The summed E-state index contributed by atoms with van der Waals surface area (Å²) < 4.78 is 38.4. The highest BCUT2D eigenvalue weighted by molar-refractivity contribution is 5.46. The average Bonchev–Trinajstić information content (AvgIpc) is 2.27. The van der Waals surface area contributed by atoms with Gasteiger partial charge in [-0.25, -0.2) is 0 Å². The summed E-state index contributed by atoms with van der Waals surface area (Å²) in [6.07, 6.45) is -4.13. The number of halogens is 3. The summed E-state index contributed by atoms with van der Waals surface area (Å²) >= 11 is 0. The van der Waals surface area contributed by atoms with E-state index in [1.54, 1.807) is 11.9 Å². The van der Waals surface area contributed by atoms with Crippen molar-refractivity contribution in [3.8, 4) is 6.07 Å². The summed E-state index contributed by atoms with van der Waals surface area (Å²) in [5.41, 5.74) is 4.91. The Bertz CT molecular complexity index is 449. The van der Waals surface area contributed by atoms with Gasteiger partial charge in [0.25, 0.3) is 0 Å². The van der Waals surface area contributed by atoms with Gasteiger partial charge in [-0.15, -0.1) is 0 Å². The van der Waals surface area contributed by atoms with Crippen molar-refractivity contribution >= 4 is 5.69 Å². The fraction of sp³-hybridized carbons (Fsp3) is 0.417. The van der Waals surface area contributed by atoms with E-state index in [-0.39, 0.29) is 24.2 Å². The Balaban J connectivity index is 2.92. The molecule has 0 aliphatic carbocycles. The fourth-order valence-corrected chi connectivity index (χ4v) is 1.61. The highest BCUT2D eigenvalue weighted by Gasteiger charge is 2.33. The first-order chi connectivity index (χ1) is 8.34. The molecule has 18 heavy (non-hydrogen) atoms. The van der Waals surface area contributed by atoms with Gasteiger partial charge in [0.05, 0.1) is 11.6 Å². The van der Waals surface area contributed by atoms with Crippen LogP contribution in [0.1, 0.15) is 17.5 Å². The number of rotatable bonds is 4. The Kier molecular flexibility index (Phi) is 4.56. The molecule has 1 aromatic carbocycles. The summed E-state index contributed by atoms with van der Waals surface area (Å²) in [7, 11) is 1.67. The predicted octanol–water partition coefficient (Wildman–Crippen LogP) is 2.63. The van der Waals surface area contributed by atoms with Crippen LogP contribution in [0.25, 0.3) is 0 Å². The molecule has 0 fully saturated rings. The molecule has 0 radical (unpaired) electrons. The van der Waals surface area contributed by atoms with Crippen LogP contribution in [0.5, 0.6) is 0 Å². The molecule has 0 aliphatic heterocycles. The number of hydrogen-bond acceptors (Lipinski definition) is 3. The largest absolute Gasteiger partial charge is 0.416 e. The lowest BCUT2D eigenvalue weighted by Gasteiger charge is -2.19. The average molecular weight is 257 g/mol. The minimum Gasteiger partial charge on any atom is -0.399 e. The maximum absolute atomic E-state index is 12.8. The molecule has 0 bridgehead atoms. The number of nitrogens with two attached hydrogens (primary N) is 1. The van der Waals surface area contributed by atoms with E-state index in [0.717, 1.165) is 6.07 Å². The number of hydrogen-bond donors (Lipinski definition) is 1. The van der Waals surface area contributed by atoms with Crippen LogP contribution < -0.4 is 5.73 Å². The number of alkyl halides is 3. The number of nitrogens with zero attached hydrogens (tertiary/aromatic N) is 2. The van der Waals surface area contributed by atoms with Crippen LogP contribution >= 0.6 is 0 Å². The summed E-state index contributed by atoms with van der Waals surface area (Å²) in [5, 5.41) is 8.43. The van der Waals surface area contributed by atoms with E-state index in [4.69, 9.17) is 11.0 Å². The van der Waals surface area contributed by atoms with Crippen LogP contribution in [0.15, 0.2) is 18.2 Å². The quantitative estimate of drug-likeness (QED) is 0.843. The van der Waals surface area contributed by atoms with E-state index in [0.29, 0.717) is 6.54 Å². The lowest BCUT2D eigenvalue weighted by atomic mass is 10.1. The number of nitrogen functional groups attached to an aromatic ring is 1. The number of benzene rings is 1. The van der Waals surface area contributed by atoms with Crippen LogP contribution in [-0.2, 0) is 12.7 Å². The van der Waals surface area contributed by atoms with Crippen LogP contribution in [-0.4, -0.2) is 18.5 Å². The van der Waals surface area contributed by atoms with Crippen molar-refractivity contribution in [3.05, 3.63) is 29.3 Å². The molecule has 0 aliphatic rings. The van der Waals surface area contributed by atoms with Gasteiger partial charge in [-0.2, -0.15) is 18.4 Å². The maximum Gasteiger partial charge on any atom is 0.416 e. The lowest BCUT2D eigenvalue weighted by Crippen LogP contribution is -2.21. The molecule has 3 nitrogen and oxygen atoms in total. The SMILES string of the molecule is CN(CCC#N)Cc1ccc(N)cc1C(F)(F)F. The minimum atomic E-state index is -4.42. The van der Waals surface area contributed by atoms with E-state index in [1.165, 1.54) is 12.1 Å². The maximum atomic E-state index is 12.8. The molecule has 1 aromatic rings. The zero-order valence-corrected chi connectivity index (χ0v) is 9.96. The Morgan fingerprint density at radius 3 is 2.61 bits per heavy atom. The Morgan fingerprint density at radius 1 is 1.39 bits per heavy atom. The van der Waals surface area contributed by atoms with Crippen molar-refractivity contribution in [2.24, 2.45) is 0 Å². The van der Waals surface area contributed by atoms with Crippen molar-refractivity contribution in [1.29, 1.82) is 5.26 Å². The van der Waals surface area contributed by atoms with Gasteiger partial charge < -0.3 is 10.6 Å². The van der Waals surface area contributed by atoms with Crippen molar-refractivity contribution in [1.82, 2.24) is 4.90 Å². The summed E-state index contributed by atoms with van der Waals surface area (Å²) in [6.45, 7) is 0.564. The van der Waals surface area contributed by atoms with Gasteiger partial charge in [-0.3, -0.25) is 0 Å². The normalized spacial score (nSPS) is 11.6. The molecule has 0 saturated heterocycles. The Hall–Kier alpha value is -1.74. The molecule has 1 rings (SSSR count). The lowest BCUT2D eigenvalue weighted by molar-refractivity contribution is -0.138. The van der Waals surface area contributed by atoms with Gasteiger partial charge in [0.1, 0.15) is 0 Å². The summed E-state index contributed by atoms with van der Waals surface area (Å²) in [5.74, 6) is 0. The first-order valence-corrected chi connectivity index (χ1v) is 5.35. The van der Waals surface area contributed by atoms with Crippen molar-refractivity contribution in [2.45, 2.75) is 19.1 Å². The molecule has 0 amide bonds. The highest BCUT2D eigenvalue weighted by Crippen LogP contribution is 2.33. The first kappa shape index (κ1) is 14.3. The third-order valence-corrected chi connectivity index (χ3v) is 2.48. The number of anilines is 1. The third kappa shape index (κ3) is 3.93. The van der Waals surface area contributed by atoms with E-state index < -0.39 is 11.7 Å². The fourth-order valence-electron chi connectivity index (χ4n) is 1.61. The van der Waals surface area contributed by atoms with Crippen LogP contribution in [0.2, 0.25) is 0 Å². The second-order valence-corrected chi connectivity index (χ2v) is 4.06. The molecular weight excluding hydrogens is 243 g/mol. The first-order valence-electron chi connectivity index (χ1n) is 5.35. The van der Waals surface area contributed by atoms with Crippen LogP contribution in [0.3, 0.4) is 0 Å². The molecule has 2 N–H and O–H groups in total. The molecular formula is C12H14F3N3. The number of nitriles is 1. The van der Waals surface area contributed by atoms with Crippen molar-refractivity contribution in [3.63, 3.8) is 0 Å². The summed E-state index contributed by atoms with van der Waals surface area (Å²) in [4.78, 5) is 1.67. The zero-order valence-electron chi connectivity index (χ0n) is 9.96. The van der Waals surface area contributed by atoms with Crippen LogP contribution in [0, 0.1) is 11.3 Å². The summed E-state index contributed by atoms with van der Waals surface area (Å²) in [6, 6.07) is 5.72. The molecule has 0 heterocycles. The van der Waals surface area contributed by atoms with Crippen molar-refractivity contribution < 1.29 is 13.2 Å². The molecule has 0 saturated carbocycles. The van der Waals surface area contributed by atoms with Gasteiger partial charge in [-0.1, -0.05) is 6.07 Å². The van der Waals surface area contributed by atoms with Gasteiger partial charge >= 0.3 is 6.18 Å². The second kappa shape index (κ2) is 5.74. The third-order valence-electron chi connectivity index (χ3n) is 2.48. The smallest absolute Gasteiger partial charge is 0.399 e. The molecule has 0 spiro atoms. The molecule has 6 heteroatoms.